The van der Waals surface area contributed by atoms with Gasteiger partial charge in [0.25, 0.3) is 0 Å². The van der Waals surface area contributed by atoms with Gasteiger partial charge in [-0.3, -0.25) is 4.68 Å². The summed E-state index contributed by atoms with van der Waals surface area (Å²) in [5.41, 5.74) is 1.58. The van der Waals surface area contributed by atoms with E-state index in [0.29, 0.717) is 10.2 Å². The Morgan fingerprint density at radius 1 is 1.47 bits per heavy atom. The van der Waals surface area contributed by atoms with Crippen LogP contribution in [0, 0.1) is 5.41 Å². The van der Waals surface area contributed by atoms with E-state index >= 15 is 0 Å². The Labute approximate surface area is 109 Å². The van der Waals surface area contributed by atoms with Gasteiger partial charge >= 0.3 is 0 Å². The van der Waals surface area contributed by atoms with Crippen LogP contribution in [0.5, 0.6) is 0 Å². The Hall–Kier alpha value is 0.170. The van der Waals surface area contributed by atoms with E-state index in [-0.39, 0.29) is 0 Å². The summed E-state index contributed by atoms with van der Waals surface area (Å²) in [5.74, 6) is 0. The van der Waals surface area contributed by atoms with Crippen LogP contribution in [0.15, 0.2) is 10.7 Å². The lowest BCUT2D eigenvalue weighted by Crippen LogP contribution is -2.21. The highest BCUT2D eigenvalue weighted by atomic mass is 79.9. The van der Waals surface area contributed by atoms with Crippen LogP contribution in [0.25, 0.3) is 0 Å². The molecule has 0 radical (unpaired) electrons. The molecule has 0 aliphatic carbocycles. The SMILES string of the molecule is Cn1ncc(Br)c1CCC(Br)C(C)(C)C. The lowest BCUT2D eigenvalue weighted by molar-refractivity contribution is 0.383. The van der Waals surface area contributed by atoms with Crippen molar-refractivity contribution in [1.82, 2.24) is 9.78 Å². The van der Waals surface area contributed by atoms with E-state index in [1.54, 1.807) is 0 Å². The zero-order valence-corrected chi connectivity index (χ0v) is 12.9. The molecule has 0 spiro atoms. The van der Waals surface area contributed by atoms with Crippen LogP contribution in [0.4, 0.5) is 0 Å². The molecule has 0 saturated carbocycles. The molecule has 4 heteroatoms. The second-order valence-corrected chi connectivity index (χ2v) is 6.89. The highest BCUT2D eigenvalue weighted by molar-refractivity contribution is 9.10. The minimum Gasteiger partial charge on any atom is -0.271 e. The highest BCUT2D eigenvalue weighted by Crippen LogP contribution is 2.30. The predicted molar refractivity (Wildman–Crippen MR) is 71.4 cm³/mol. The van der Waals surface area contributed by atoms with E-state index in [1.807, 2.05) is 17.9 Å². The van der Waals surface area contributed by atoms with Gasteiger partial charge in [0.1, 0.15) is 0 Å². The van der Waals surface area contributed by atoms with Gasteiger partial charge in [0.15, 0.2) is 0 Å². The van der Waals surface area contributed by atoms with Gasteiger partial charge in [-0.05, 0) is 34.2 Å². The Morgan fingerprint density at radius 3 is 2.47 bits per heavy atom. The molecule has 1 rings (SSSR count). The molecule has 1 aromatic heterocycles. The fraction of sp³-hybridized carbons (Fsp3) is 0.727. The van der Waals surface area contributed by atoms with E-state index in [4.69, 9.17) is 0 Å². The normalized spacial score (nSPS) is 14.3. The number of hydrogen-bond donors (Lipinski definition) is 0. The van der Waals surface area contributed by atoms with Crippen molar-refractivity contribution in [3.8, 4) is 0 Å². The van der Waals surface area contributed by atoms with E-state index in [0.717, 1.165) is 17.3 Å². The molecule has 1 unspecified atom stereocenters. The number of halogens is 2. The Kier molecular flexibility index (Phi) is 4.41. The van der Waals surface area contributed by atoms with Gasteiger partial charge in [-0.25, -0.2) is 0 Å². The molecule has 0 aliphatic rings. The maximum Gasteiger partial charge on any atom is 0.0635 e. The van der Waals surface area contributed by atoms with Crippen molar-refractivity contribution < 1.29 is 0 Å². The van der Waals surface area contributed by atoms with Crippen LogP contribution in [0.1, 0.15) is 32.9 Å². The second-order valence-electron chi connectivity index (χ2n) is 4.94. The smallest absolute Gasteiger partial charge is 0.0635 e. The highest BCUT2D eigenvalue weighted by Gasteiger charge is 2.22. The Bertz CT molecular complexity index is 306. The maximum absolute atomic E-state index is 4.21. The molecular weight excluding hydrogens is 320 g/mol. The minimum absolute atomic E-state index is 0.311. The summed E-state index contributed by atoms with van der Waals surface area (Å²) in [5, 5.41) is 4.21. The van der Waals surface area contributed by atoms with Crippen molar-refractivity contribution in [1.29, 1.82) is 0 Å². The molecule has 0 aliphatic heterocycles. The number of aryl methyl sites for hydroxylation is 1. The summed E-state index contributed by atoms with van der Waals surface area (Å²) in [6.45, 7) is 6.76. The molecular formula is C11H18Br2N2. The number of alkyl halides is 1. The van der Waals surface area contributed by atoms with Crippen molar-refractivity contribution >= 4 is 31.9 Å². The third kappa shape index (κ3) is 3.59. The molecule has 1 atom stereocenters. The third-order valence-electron chi connectivity index (χ3n) is 2.58. The van der Waals surface area contributed by atoms with E-state index in [9.17, 15) is 0 Å². The lowest BCUT2D eigenvalue weighted by Gasteiger charge is -2.25. The van der Waals surface area contributed by atoms with Crippen molar-refractivity contribution in [2.45, 2.75) is 38.4 Å². The number of nitrogens with zero attached hydrogens (tertiary/aromatic N) is 2. The number of hydrogen-bond acceptors (Lipinski definition) is 1. The molecule has 1 aromatic rings. The van der Waals surface area contributed by atoms with Gasteiger partial charge < -0.3 is 0 Å². The van der Waals surface area contributed by atoms with Gasteiger partial charge in [0.2, 0.25) is 0 Å². The van der Waals surface area contributed by atoms with Crippen molar-refractivity contribution in [2.24, 2.45) is 12.5 Å². The lowest BCUT2D eigenvalue weighted by atomic mass is 9.89. The zero-order chi connectivity index (χ0) is 11.6. The van der Waals surface area contributed by atoms with Crippen molar-refractivity contribution in [2.75, 3.05) is 0 Å². The molecule has 1 heterocycles. The molecule has 2 nitrogen and oxygen atoms in total. The summed E-state index contributed by atoms with van der Waals surface area (Å²) in [6, 6.07) is 0. The first-order chi connectivity index (χ1) is 6.82. The number of aromatic nitrogens is 2. The first-order valence-corrected chi connectivity index (χ1v) is 6.83. The van der Waals surface area contributed by atoms with Crippen molar-refractivity contribution in [3.05, 3.63) is 16.4 Å². The van der Waals surface area contributed by atoms with Crippen LogP contribution < -0.4 is 0 Å². The molecule has 0 N–H and O–H groups in total. The predicted octanol–water partition coefficient (Wildman–Crippen LogP) is 3.92. The van der Waals surface area contributed by atoms with E-state index in [2.05, 4.69) is 57.7 Å². The fourth-order valence-corrected chi connectivity index (χ4v) is 2.19. The largest absolute Gasteiger partial charge is 0.271 e. The molecule has 86 valence electrons. The summed E-state index contributed by atoms with van der Waals surface area (Å²) < 4.78 is 3.05. The van der Waals surface area contributed by atoms with Gasteiger partial charge in [0.05, 0.1) is 16.4 Å². The van der Waals surface area contributed by atoms with Crippen LogP contribution in [-0.2, 0) is 13.5 Å². The number of rotatable bonds is 3. The first-order valence-electron chi connectivity index (χ1n) is 5.13. The molecule has 0 fully saturated rings. The molecule has 0 bridgehead atoms. The molecule has 0 saturated heterocycles. The van der Waals surface area contributed by atoms with E-state index in [1.165, 1.54) is 5.69 Å². The van der Waals surface area contributed by atoms with Crippen LogP contribution in [-0.4, -0.2) is 14.6 Å². The minimum atomic E-state index is 0.311. The maximum atomic E-state index is 4.21. The van der Waals surface area contributed by atoms with Gasteiger partial charge in [0, 0.05) is 11.9 Å². The summed E-state index contributed by atoms with van der Waals surface area (Å²) in [6.07, 6.45) is 4.03. The Morgan fingerprint density at radius 2 is 2.07 bits per heavy atom. The topological polar surface area (TPSA) is 17.8 Å². The monoisotopic (exact) mass is 336 g/mol. The van der Waals surface area contributed by atoms with E-state index < -0.39 is 0 Å². The van der Waals surface area contributed by atoms with Crippen LogP contribution in [0.3, 0.4) is 0 Å². The molecule has 0 aromatic carbocycles. The zero-order valence-electron chi connectivity index (χ0n) is 9.72. The molecule has 15 heavy (non-hydrogen) atoms. The second kappa shape index (κ2) is 5.00. The fourth-order valence-electron chi connectivity index (χ4n) is 1.41. The van der Waals surface area contributed by atoms with Crippen molar-refractivity contribution in [3.63, 3.8) is 0 Å². The molecule has 0 amide bonds. The van der Waals surface area contributed by atoms with Crippen LogP contribution in [0.2, 0.25) is 0 Å². The van der Waals surface area contributed by atoms with Gasteiger partial charge in [-0.1, -0.05) is 36.7 Å². The van der Waals surface area contributed by atoms with Gasteiger partial charge in [-0.2, -0.15) is 5.10 Å². The third-order valence-corrected chi connectivity index (χ3v) is 5.08. The quantitative estimate of drug-likeness (QED) is 0.764. The Balaban J connectivity index is 2.58. The van der Waals surface area contributed by atoms with Crippen LogP contribution >= 0.6 is 31.9 Å². The summed E-state index contributed by atoms with van der Waals surface area (Å²) in [4.78, 5) is 0.534. The standard InChI is InChI=1S/C11H18Br2N2/c1-11(2,3)10(13)6-5-9-8(12)7-14-15(9)4/h7,10H,5-6H2,1-4H3. The average molecular weight is 338 g/mol. The first kappa shape index (κ1) is 13.2. The summed E-state index contributed by atoms with van der Waals surface area (Å²) in [7, 11) is 1.99. The summed E-state index contributed by atoms with van der Waals surface area (Å²) >= 11 is 7.27. The average Bonchev–Trinajstić information content (AvgIpc) is 2.41. The van der Waals surface area contributed by atoms with Gasteiger partial charge in [-0.15, -0.1) is 0 Å².